The number of esters is 1. The molecular weight excluding hydrogens is 338 g/mol. The predicted molar refractivity (Wildman–Crippen MR) is 102 cm³/mol. The molecule has 2 aromatic carbocycles. The summed E-state index contributed by atoms with van der Waals surface area (Å²) in [5, 5.41) is 9.53. The Labute approximate surface area is 159 Å². The minimum absolute atomic E-state index is 0.211. The highest BCUT2D eigenvalue weighted by molar-refractivity contribution is 5.74. The average molecular weight is 359 g/mol. The molecule has 1 fully saturated rings. The smallest absolute Gasteiger partial charge is 0.312 e. The molecule has 2 aromatic rings. The minimum atomic E-state index is -0.997. The number of hydrogen-bond acceptors (Lipinski definition) is 4. The minimum Gasteiger partial charge on any atom is -0.457 e. The van der Waals surface area contributed by atoms with Crippen molar-refractivity contribution in [1.82, 2.24) is 0 Å². The second kappa shape index (κ2) is 8.43. The first-order valence-electron chi connectivity index (χ1n) is 9.01. The van der Waals surface area contributed by atoms with Crippen LogP contribution >= 0.6 is 0 Å². The highest BCUT2D eigenvalue weighted by atomic mass is 16.5. The Morgan fingerprint density at radius 1 is 1.15 bits per heavy atom. The van der Waals surface area contributed by atoms with Crippen LogP contribution in [0.25, 0.3) is 0 Å². The maximum absolute atomic E-state index is 12.6. The molecule has 3 atom stereocenters. The molecule has 136 valence electrons. The maximum Gasteiger partial charge on any atom is 0.312 e. The van der Waals surface area contributed by atoms with Gasteiger partial charge >= 0.3 is 5.97 Å². The van der Waals surface area contributed by atoms with Gasteiger partial charge in [0.05, 0.1) is 5.92 Å². The number of benzene rings is 2. The second-order valence-electron chi connectivity index (χ2n) is 6.75. The van der Waals surface area contributed by atoms with E-state index in [0.717, 1.165) is 12.8 Å². The highest BCUT2D eigenvalue weighted by Crippen LogP contribution is 2.41. The van der Waals surface area contributed by atoms with Crippen molar-refractivity contribution < 1.29 is 14.3 Å². The molecule has 4 nitrogen and oxygen atoms in total. The lowest BCUT2D eigenvalue weighted by atomic mass is 9.90. The van der Waals surface area contributed by atoms with Crippen molar-refractivity contribution in [3.05, 3.63) is 60.2 Å². The van der Waals surface area contributed by atoms with Gasteiger partial charge in [0.2, 0.25) is 6.10 Å². The fourth-order valence-corrected chi connectivity index (χ4v) is 3.09. The summed E-state index contributed by atoms with van der Waals surface area (Å²) < 4.78 is 11.3. The number of para-hydroxylation sites is 1. The number of carbonyl (C=O) groups excluding carboxylic acids is 1. The van der Waals surface area contributed by atoms with Crippen molar-refractivity contribution in [2.75, 3.05) is 0 Å². The summed E-state index contributed by atoms with van der Waals surface area (Å²) in [6.45, 7) is 1.85. The zero-order valence-electron chi connectivity index (χ0n) is 15.2. The molecule has 0 saturated heterocycles. The van der Waals surface area contributed by atoms with Gasteiger partial charge in [-0.1, -0.05) is 37.3 Å². The molecule has 1 aliphatic rings. The standard InChI is InChI=1S/C23H21NO3/c1-3-16(2)22(17-12-13-17)23(25)27-21(15-24)18-8-7-11-20(14-18)26-19-9-5-4-6-10-19/h1,4-11,14,16-17,21-22H,12-13H2,2H3. The van der Waals surface area contributed by atoms with Crippen LogP contribution in [0.2, 0.25) is 0 Å². The number of ether oxygens (including phenoxy) is 2. The third kappa shape index (κ3) is 4.68. The molecule has 4 heteroatoms. The van der Waals surface area contributed by atoms with E-state index in [1.165, 1.54) is 0 Å². The topological polar surface area (TPSA) is 59.3 Å². The van der Waals surface area contributed by atoms with Crippen LogP contribution in [0, 0.1) is 41.4 Å². The van der Waals surface area contributed by atoms with Crippen molar-refractivity contribution in [3.8, 4) is 29.9 Å². The van der Waals surface area contributed by atoms with Crippen LogP contribution in [-0.2, 0) is 9.53 Å². The summed E-state index contributed by atoms with van der Waals surface area (Å²) in [7, 11) is 0. The van der Waals surface area contributed by atoms with Gasteiger partial charge in [0.1, 0.15) is 17.6 Å². The van der Waals surface area contributed by atoms with E-state index in [1.54, 1.807) is 24.3 Å². The number of carbonyl (C=O) groups is 1. The number of nitrogens with zero attached hydrogens (tertiary/aromatic N) is 1. The molecule has 0 radical (unpaired) electrons. The first-order chi connectivity index (χ1) is 13.1. The molecule has 0 aromatic heterocycles. The molecule has 27 heavy (non-hydrogen) atoms. The fraction of sp³-hybridized carbons (Fsp3) is 0.304. The van der Waals surface area contributed by atoms with Crippen LogP contribution in [0.3, 0.4) is 0 Å². The summed E-state index contributed by atoms with van der Waals surface area (Å²) >= 11 is 0. The predicted octanol–water partition coefficient (Wildman–Crippen LogP) is 4.88. The Hall–Kier alpha value is -3.24. The lowest BCUT2D eigenvalue weighted by Gasteiger charge is -2.20. The normalized spacial score (nSPS) is 16.3. The van der Waals surface area contributed by atoms with E-state index in [1.807, 2.05) is 37.3 Å². The first kappa shape index (κ1) is 18.5. The Morgan fingerprint density at radius 2 is 1.85 bits per heavy atom. The third-order valence-electron chi connectivity index (χ3n) is 4.69. The van der Waals surface area contributed by atoms with Gasteiger partial charge in [-0.3, -0.25) is 4.79 Å². The van der Waals surface area contributed by atoms with Gasteiger partial charge in [-0.15, -0.1) is 12.3 Å². The van der Waals surface area contributed by atoms with Crippen LogP contribution < -0.4 is 4.74 Å². The number of hydrogen-bond donors (Lipinski definition) is 0. The van der Waals surface area contributed by atoms with Crippen LogP contribution in [0.5, 0.6) is 11.5 Å². The number of terminal acetylenes is 1. The zero-order valence-corrected chi connectivity index (χ0v) is 15.2. The van der Waals surface area contributed by atoms with E-state index >= 15 is 0 Å². The summed E-state index contributed by atoms with van der Waals surface area (Å²) in [6.07, 6.45) is 6.46. The summed E-state index contributed by atoms with van der Waals surface area (Å²) in [6, 6.07) is 18.4. The Morgan fingerprint density at radius 3 is 2.48 bits per heavy atom. The quantitative estimate of drug-likeness (QED) is 0.522. The summed E-state index contributed by atoms with van der Waals surface area (Å²) in [5.41, 5.74) is 0.571. The van der Waals surface area contributed by atoms with Crippen molar-refractivity contribution in [3.63, 3.8) is 0 Å². The van der Waals surface area contributed by atoms with Crippen molar-refractivity contribution in [2.24, 2.45) is 17.8 Å². The zero-order chi connectivity index (χ0) is 19.2. The fourth-order valence-electron chi connectivity index (χ4n) is 3.09. The van der Waals surface area contributed by atoms with E-state index in [9.17, 15) is 10.1 Å². The van der Waals surface area contributed by atoms with E-state index in [4.69, 9.17) is 15.9 Å². The van der Waals surface area contributed by atoms with Gasteiger partial charge in [0.25, 0.3) is 0 Å². The Bertz CT molecular complexity index is 874. The van der Waals surface area contributed by atoms with Crippen molar-refractivity contribution in [1.29, 1.82) is 5.26 Å². The summed E-state index contributed by atoms with van der Waals surface area (Å²) in [5.74, 6) is 3.19. The monoisotopic (exact) mass is 359 g/mol. The third-order valence-corrected chi connectivity index (χ3v) is 4.69. The van der Waals surface area contributed by atoms with Gasteiger partial charge in [-0.25, -0.2) is 0 Å². The Kier molecular flexibility index (Phi) is 5.79. The van der Waals surface area contributed by atoms with Gasteiger partial charge in [-0.2, -0.15) is 5.26 Å². The molecule has 0 bridgehead atoms. The van der Waals surface area contributed by atoms with Crippen LogP contribution in [0.1, 0.15) is 31.4 Å². The Balaban J connectivity index is 1.74. The van der Waals surface area contributed by atoms with E-state index in [-0.39, 0.29) is 17.8 Å². The van der Waals surface area contributed by atoms with Gasteiger partial charge in [0.15, 0.2) is 0 Å². The number of rotatable bonds is 7. The lowest BCUT2D eigenvalue weighted by molar-refractivity contribution is -0.153. The SMILES string of the molecule is C#CC(C)C(C(=O)OC(C#N)c1cccc(Oc2ccccc2)c1)C1CC1. The average Bonchev–Trinajstić information content (AvgIpc) is 3.52. The molecule has 0 amide bonds. The van der Waals surface area contributed by atoms with Gasteiger partial charge in [-0.05, 0) is 43.0 Å². The lowest BCUT2D eigenvalue weighted by Crippen LogP contribution is -2.26. The second-order valence-corrected chi connectivity index (χ2v) is 6.75. The first-order valence-corrected chi connectivity index (χ1v) is 9.01. The molecule has 1 saturated carbocycles. The van der Waals surface area contributed by atoms with E-state index < -0.39 is 12.1 Å². The maximum atomic E-state index is 12.6. The molecule has 3 unspecified atom stereocenters. The molecule has 0 N–H and O–H groups in total. The highest BCUT2D eigenvalue weighted by Gasteiger charge is 2.41. The van der Waals surface area contributed by atoms with Crippen LogP contribution in [0.4, 0.5) is 0 Å². The molecular formula is C23H21NO3. The van der Waals surface area contributed by atoms with Gasteiger partial charge in [0, 0.05) is 11.5 Å². The molecule has 0 heterocycles. The van der Waals surface area contributed by atoms with Crippen LogP contribution in [-0.4, -0.2) is 5.97 Å². The molecule has 0 spiro atoms. The van der Waals surface area contributed by atoms with Crippen molar-refractivity contribution in [2.45, 2.75) is 25.9 Å². The van der Waals surface area contributed by atoms with Crippen molar-refractivity contribution >= 4 is 5.97 Å². The van der Waals surface area contributed by atoms with E-state index in [0.29, 0.717) is 17.1 Å². The summed E-state index contributed by atoms with van der Waals surface area (Å²) in [4.78, 5) is 12.6. The van der Waals surface area contributed by atoms with Gasteiger partial charge < -0.3 is 9.47 Å². The largest absolute Gasteiger partial charge is 0.457 e. The van der Waals surface area contributed by atoms with Crippen LogP contribution in [0.15, 0.2) is 54.6 Å². The molecule has 1 aliphatic carbocycles. The number of nitriles is 1. The van der Waals surface area contributed by atoms with E-state index in [2.05, 4.69) is 12.0 Å². The molecule has 0 aliphatic heterocycles. The molecule has 3 rings (SSSR count).